The van der Waals surface area contributed by atoms with Crippen molar-refractivity contribution in [3.05, 3.63) is 23.9 Å². The quantitative estimate of drug-likeness (QED) is 0.586. The summed E-state index contributed by atoms with van der Waals surface area (Å²) >= 11 is 0. The lowest BCUT2D eigenvalue weighted by Gasteiger charge is -2.29. The molecule has 0 atom stereocenters. The van der Waals surface area contributed by atoms with E-state index in [1.807, 2.05) is 0 Å². The van der Waals surface area contributed by atoms with E-state index < -0.39 is 0 Å². The van der Waals surface area contributed by atoms with Crippen molar-refractivity contribution in [2.24, 2.45) is 0 Å². The van der Waals surface area contributed by atoms with Crippen molar-refractivity contribution in [3.8, 4) is 0 Å². The van der Waals surface area contributed by atoms with Gasteiger partial charge in [0, 0.05) is 18.3 Å². The SMILES string of the molecule is C=C(C)N(CC(C)=CCC)C(C)C. The van der Waals surface area contributed by atoms with E-state index in [1.54, 1.807) is 0 Å². The minimum Gasteiger partial charge on any atom is -0.369 e. The maximum absolute atomic E-state index is 3.99. The van der Waals surface area contributed by atoms with Gasteiger partial charge < -0.3 is 4.90 Å². The summed E-state index contributed by atoms with van der Waals surface area (Å²) in [5, 5.41) is 0. The molecule has 0 aromatic carbocycles. The normalized spacial score (nSPS) is 12.0. The fraction of sp³-hybridized carbons (Fsp3) is 0.667. The minimum absolute atomic E-state index is 0.540. The molecule has 0 bridgehead atoms. The Hall–Kier alpha value is -0.720. The van der Waals surface area contributed by atoms with E-state index in [4.69, 9.17) is 0 Å². The van der Waals surface area contributed by atoms with Crippen molar-refractivity contribution in [2.75, 3.05) is 6.54 Å². The van der Waals surface area contributed by atoms with Crippen molar-refractivity contribution in [1.82, 2.24) is 4.90 Å². The maximum Gasteiger partial charge on any atom is 0.0385 e. The molecule has 13 heavy (non-hydrogen) atoms. The van der Waals surface area contributed by atoms with E-state index >= 15 is 0 Å². The summed E-state index contributed by atoms with van der Waals surface area (Å²) < 4.78 is 0. The van der Waals surface area contributed by atoms with Gasteiger partial charge in [0.05, 0.1) is 0 Å². The Kier molecular flexibility index (Phi) is 5.52. The Morgan fingerprint density at radius 2 is 1.92 bits per heavy atom. The molecule has 76 valence electrons. The Balaban J connectivity index is 4.27. The molecule has 0 aliphatic carbocycles. The Morgan fingerprint density at radius 1 is 1.38 bits per heavy atom. The third kappa shape index (κ3) is 4.76. The molecule has 0 spiro atoms. The molecule has 0 unspecified atom stereocenters. The summed E-state index contributed by atoms with van der Waals surface area (Å²) in [5.41, 5.74) is 2.58. The first-order valence-corrected chi connectivity index (χ1v) is 5.06. The monoisotopic (exact) mass is 181 g/mol. The van der Waals surface area contributed by atoms with Crippen LogP contribution in [0.25, 0.3) is 0 Å². The molecule has 0 radical (unpaired) electrons. The van der Waals surface area contributed by atoms with Gasteiger partial charge in [-0.05, 0) is 34.1 Å². The number of hydrogen-bond donors (Lipinski definition) is 0. The highest BCUT2D eigenvalue weighted by atomic mass is 15.1. The first kappa shape index (κ1) is 12.3. The molecule has 0 aliphatic rings. The average molecular weight is 181 g/mol. The fourth-order valence-electron chi connectivity index (χ4n) is 1.44. The second kappa shape index (κ2) is 5.85. The zero-order valence-corrected chi connectivity index (χ0v) is 9.72. The van der Waals surface area contributed by atoms with Crippen LogP contribution in [0.3, 0.4) is 0 Å². The van der Waals surface area contributed by atoms with Gasteiger partial charge in [0.25, 0.3) is 0 Å². The lowest BCUT2D eigenvalue weighted by molar-refractivity contribution is 0.308. The largest absolute Gasteiger partial charge is 0.369 e. The highest BCUT2D eigenvalue weighted by Crippen LogP contribution is 2.10. The summed E-state index contributed by atoms with van der Waals surface area (Å²) in [6.45, 7) is 15.8. The molecule has 0 N–H and O–H groups in total. The molecule has 1 nitrogen and oxygen atoms in total. The summed E-state index contributed by atoms with van der Waals surface area (Å²) in [7, 11) is 0. The molecule has 0 saturated heterocycles. The summed E-state index contributed by atoms with van der Waals surface area (Å²) in [4.78, 5) is 2.32. The van der Waals surface area contributed by atoms with Crippen LogP contribution in [-0.2, 0) is 0 Å². The maximum atomic E-state index is 3.99. The van der Waals surface area contributed by atoms with Gasteiger partial charge >= 0.3 is 0 Å². The molecular formula is C12H23N. The highest BCUT2D eigenvalue weighted by molar-refractivity contribution is 5.05. The van der Waals surface area contributed by atoms with Crippen LogP contribution in [0, 0.1) is 0 Å². The van der Waals surface area contributed by atoms with Crippen molar-refractivity contribution < 1.29 is 0 Å². The Morgan fingerprint density at radius 3 is 2.23 bits per heavy atom. The van der Waals surface area contributed by atoms with E-state index in [0.29, 0.717) is 6.04 Å². The highest BCUT2D eigenvalue weighted by Gasteiger charge is 2.07. The molecule has 0 amide bonds. The summed E-state index contributed by atoms with van der Waals surface area (Å²) in [5.74, 6) is 0. The van der Waals surface area contributed by atoms with Crippen molar-refractivity contribution in [3.63, 3.8) is 0 Å². The molecule has 0 aliphatic heterocycles. The van der Waals surface area contributed by atoms with Crippen molar-refractivity contribution >= 4 is 0 Å². The van der Waals surface area contributed by atoms with Gasteiger partial charge in [-0.25, -0.2) is 0 Å². The smallest absolute Gasteiger partial charge is 0.0385 e. The molecule has 1 heteroatoms. The Bertz CT molecular complexity index is 189. The summed E-state index contributed by atoms with van der Waals surface area (Å²) in [6, 6.07) is 0.540. The number of allylic oxidation sites excluding steroid dienone is 2. The fourth-order valence-corrected chi connectivity index (χ4v) is 1.44. The van der Waals surface area contributed by atoms with Crippen LogP contribution in [0.4, 0.5) is 0 Å². The second-order valence-electron chi connectivity index (χ2n) is 3.92. The summed E-state index contributed by atoms with van der Waals surface area (Å²) in [6.07, 6.45) is 3.40. The lowest BCUT2D eigenvalue weighted by atomic mass is 10.2. The first-order chi connectivity index (χ1) is 5.99. The van der Waals surface area contributed by atoms with Crippen LogP contribution in [0.1, 0.15) is 41.0 Å². The molecule has 0 rings (SSSR count). The van der Waals surface area contributed by atoms with Crippen molar-refractivity contribution in [1.29, 1.82) is 0 Å². The third-order valence-corrected chi connectivity index (χ3v) is 2.09. The van der Waals surface area contributed by atoms with Crippen molar-refractivity contribution in [2.45, 2.75) is 47.1 Å². The number of hydrogen-bond acceptors (Lipinski definition) is 1. The van der Waals surface area contributed by atoms with Gasteiger partial charge in [0.1, 0.15) is 0 Å². The zero-order chi connectivity index (χ0) is 10.4. The van der Waals surface area contributed by atoms with Crippen LogP contribution in [-0.4, -0.2) is 17.5 Å². The van der Waals surface area contributed by atoms with Crippen LogP contribution in [0.2, 0.25) is 0 Å². The molecular weight excluding hydrogens is 158 g/mol. The van der Waals surface area contributed by atoms with Gasteiger partial charge in [-0.15, -0.1) is 0 Å². The predicted molar refractivity (Wildman–Crippen MR) is 60.7 cm³/mol. The van der Waals surface area contributed by atoms with E-state index in [0.717, 1.165) is 18.7 Å². The Labute approximate surface area is 83.1 Å². The van der Waals surface area contributed by atoms with E-state index in [1.165, 1.54) is 5.57 Å². The molecule has 0 aromatic heterocycles. The number of rotatable bonds is 5. The van der Waals surface area contributed by atoms with Crippen LogP contribution in [0.15, 0.2) is 23.9 Å². The topological polar surface area (TPSA) is 3.24 Å². The second-order valence-corrected chi connectivity index (χ2v) is 3.92. The average Bonchev–Trinajstić information content (AvgIpc) is 1.99. The van der Waals surface area contributed by atoms with Gasteiger partial charge in [0.15, 0.2) is 0 Å². The van der Waals surface area contributed by atoms with Gasteiger partial charge in [-0.1, -0.05) is 25.2 Å². The zero-order valence-electron chi connectivity index (χ0n) is 9.72. The van der Waals surface area contributed by atoms with E-state index in [9.17, 15) is 0 Å². The third-order valence-electron chi connectivity index (χ3n) is 2.09. The van der Waals surface area contributed by atoms with Crippen LogP contribution < -0.4 is 0 Å². The lowest BCUT2D eigenvalue weighted by Crippen LogP contribution is -2.30. The van der Waals surface area contributed by atoms with E-state index in [2.05, 4.69) is 52.2 Å². The number of nitrogens with zero attached hydrogens (tertiary/aromatic N) is 1. The molecule has 0 heterocycles. The van der Waals surface area contributed by atoms with Crippen LogP contribution in [0.5, 0.6) is 0 Å². The van der Waals surface area contributed by atoms with Crippen LogP contribution >= 0.6 is 0 Å². The molecule has 0 aromatic rings. The molecule has 0 saturated carbocycles. The minimum atomic E-state index is 0.540. The standard InChI is InChI=1S/C12H23N/c1-7-8-12(6)9-13(10(2)3)11(4)5/h8,11H,2,7,9H2,1,3-6H3. The first-order valence-electron chi connectivity index (χ1n) is 5.06. The van der Waals surface area contributed by atoms with Gasteiger partial charge in [-0.3, -0.25) is 0 Å². The predicted octanol–water partition coefficient (Wildman–Crippen LogP) is 3.59. The van der Waals surface area contributed by atoms with Gasteiger partial charge in [0.2, 0.25) is 0 Å². The van der Waals surface area contributed by atoms with Gasteiger partial charge in [-0.2, -0.15) is 0 Å². The molecule has 0 fully saturated rings. The van der Waals surface area contributed by atoms with E-state index in [-0.39, 0.29) is 0 Å².